The molecule has 0 unspecified atom stereocenters. The Morgan fingerprint density at radius 1 is 1.20 bits per heavy atom. The van der Waals surface area contributed by atoms with E-state index in [0.717, 1.165) is 5.56 Å². The molecule has 104 valence electrons. The Labute approximate surface area is 118 Å². The van der Waals surface area contributed by atoms with Crippen LogP contribution in [0.5, 0.6) is 5.75 Å². The highest BCUT2D eigenvalue weighted by Crippen LogP contribution is 2.16. The number of benzene rings is 2. The zero-order chi connectivity index (χ0) is 14.4. The summed E-state index contributed by atoms with van der Waals surface area (Å²) in [5.74, 6) is 0.434. The van der Waals surface area contributed by atoms with Crippen molar-refractivity contribution >= 4 is 11.6 Å². The van der Waals surface area contributed by atoms with Crippen LogP contribution in [-0.4, -0.2) is 12.0 Å². The molecule has 0 aliphatic carbocycles. The summed E-state index contributed by atoms with van der Waals surface area (Å²) in [4.78, 5) is 11.9. The van der Waals surface area contributed by atoms with Crippen LogP contribution in [0.1, 0.15) is 12.5 Å². The summed E-state index contributed by atoms with van der Waals surface area (Å²) in [7, 11) is 0. The molecule has 20 heavy (non-hydrogen) atoms. The third-order valence-electron chi connectivity index (χ3n) is 2.85. The first kappa shape index (κ1) is 13.9. The summed E-state index contributed by atoms with van der Waals surface area (Å²) in [5.41, 5.74) is 7.33. The maximum absolute atomic E-state index is 11.9. The van der Waals surface area contributed by atoms with Crippen molar-refractivity contribution in [2.24, 2.45) is 0 Å². The van der Waals surface area contributed by atoms with Gasteiger partial charge in [-0.2, -0.15) is 0 Å². The quantitative estimate of drug-likeness (QED) is 0.820. The molecule has 1 amide bonds. The van der Waals surface area contributed by atoms with Crippen LogP contribution in [0.3, 0.4) is 0 Å². The molecule has 0 spiro atoms. The maximum atomic E-state index is 11.9. The Bertz CT molecular complexity index is 570. The number of anilines is 1. The van der Waals surface area contributed by atoms with Crippen molar-refractivity contribution in [3.8, 4) is 5.75 Å². The molecule has 0 heterocycles. The van der Waals surface area contributed by atoms with Crippen LogP contribution in [-0.2, 0) is 11.3 Å². The van der Waals surface area contributed by atoms with Crippen molar-refractivity contribution in [2.75, 3.05) is 5.73 Å². The standard InChI is InChI=1S/C16H18N2O2/c1-12(20-15-9-5-8-14(17)10-15)16(19)18-11-13-6-3-2-4-7-13/h2-10,12H,11,17H2,1H3,(H,18,19)/t12-/m0/s1. The van der Waals surface area contributed by atoms with Crippen molar-refractivity contribution in [1.29, 1.82) is 0 Å². The lowest BCUT2D eigenvalue weighted by molar-refractivity contribution is -0.127. The van der Waals surface area contributed by atoms with Gasteiger partial charge in [0.15, 0.2) is 6.10 Å². The van der Waals surface area contributed by atoms with E-state index < -0.39 is 6.10 Å². The van der Waals surface area contributed by atoms with Gasteiger partial charge in [-0.25, -0.2) is 0 Å². The predicted octanol–water partition coefficient (Wildman–Crippen LogP) is 2.35. The largest absolute Gasteiger partial charge is 0.481 e. The summed E-state index contributed by atoms with van der Waals surface area (Å²) >= 11 is 0. The Hall–Kier alpha value is -2.49. The van der Waals surface area contributed by atoms with E-state index in [1.54, 1.807) is 31.2 Å². The number of hydrogen-bond donors (Lipinski definition) is 2. The summed E-state index contributed by atoms with van der Waals surface area (Å²) in [6.45, 7) is 2.20. The van der Waals surface area contributed by atoms with Gasteiger partial charge in [0.2, 0.25) is 0 Å². The van der Waals surface area contributed by atoms with E-state index in [1.807, 2.05) is 30.3 Å². The van der Waals surface area contributed by atoms with Crippen LogP contribution >= 0.6 is 0 Å². The Balaban J connectivity index is 1.86. The van der Waals surface area contributed by atoms with Crippen LogP contribution in [0, 0.1) is 0 Å². The number of nitrogens with two attached hydrogens (primary N) is 1. The smallest absolute Gasteiger partial charge is 0.261 e. The van der Waals surface area contributed by atoms with Gasteiger partial charge in [-0.15, -0.1) is 0 Å². The molecule has 2 aromatic rings. The topological polar surface area (TPSA) is 64.3 Å². The molecule has 0 bridgehead atoms. The number of hydrogen-bond acceptors (Lipinski definition) is 3. The van der Waals surface area contributed by atoms with E-state index in [9.17, 15) is 4.79 Å². The van der Waals surface area contributed by atoms with Gasteiger partial charge >= 0.3 is 0 Å². The van der Waals surface area contributed by atoms with Crippen molar-refractivity contribution in [3.05, 3.63) is 60.2 Å². The van der Waals surface area contributed by atoms with Crippen molar-refractivity contribution in [3.63, 3.8) is 0 Å². The predicted molar refractivity (Wildman–Crippen MR) is 79.2 cm³/mol. The van der Waals surface area contributed by atoms with Gasteiger partial charge in [0.25, 0.3) is 5.91 Å². The second-order valence-electron chi connectivity index (χ2n) is 4.54. The molecule has 2 rings (SSSR count). The van der Waals surface area contributed by atoms with Gasteiger partial charge < -0.3 is 15.8 Å². The Kier molecular flexibility index (Phi) is 4.60. The monoisotopic (exact) mass is 270 g/mol. The van der Waals surface area contributed by atoms with Crippen molar-refractivity contribution in [2.45, 2.75) is 19.6 Å². The summed E-state index contributed by atoms with van der Waals surface area (Å²) in [6.07, 6.45) is -0.569. The average Bonchev–Trinajstić information content (AvgIpc) is 2.46. The van der Waals surface area contributed by atoms with Crippen LogP contribution < -0.4 is 15.8 Å². The normalized spacial score (nSPS) is 11.7. The van der Waals surface area contributed by atoms with Gasteiger partial charge in [0.1, 0.15) is 5.75 Å². The molecule has 4 nitrogen and oxygen atoms in total. The number of rotatable bonds is 5. The van der Waals surface area contributed by atoms with Crippen LogP contribution in [0.25, 0.3) is 0 Å². The minimum Gasteiger partial charge on any atom is -0.481 e. The van der Waals surface area contributed by atoms with Gasteiger partial charge in [0, 0.05) is 18.3 Å². The molecule has 3 N–H and O–H groups in total. The maximum Gasteiger partial charge on any atom is 0.261 e. The third kappa shape index (κ3) is 4.02. The van der Waals surface area contributed by atoms with Crippen molar-refractivity contribution in [1.82, 2.24) is 5.32 Å². The fourth-order valence-corrected chi connectivity index (χ4v) is 1.77. The summed E-state index contributed by atoms with van der Waals surface area (Å²) in [6, 6.07) is 16.8. The SMILES string of the molecule is C[C@H](Oc1cccc(N)c1)C(=O)NCc1ccccc1. The molecule has 1 atom stereocenters. The Morgan fingerprint density at radius 3 is 2.65 bits per heavy atom. The number of amides is 1. The van der Waals surface area contributed by atoms with E-state index >= 15 is 0 Å². The molecule has 0 aliphatic heterocycles. The lowest BCUT2D eigenvalue weighted by Gasteiger charge is -2.15. The first-order valence-corrected chi connectivity index (χ1v) is 6.49. The number of carbonyl (C=O) groups is 1. The van der Waals surface area contributed by atoms with E-state index in [1.165, 1.54) is 0 Å². The summed E-state index contributed by atoms with van der Waals surface area (Å²) in [5, 5.41) is 2.84. The lowest BCUT2D eigenvalue weighted by atomic mass is 10.2. The number of nitrogens with one attached hydrogen (secondary N) is 1. The number of nitrogen functional groups attached to an aromatic ring is 1. The summed E-state index contributed by atoms with van der Waals surface area (Å²) < 4.78 is 5.55. The minimum absolute atomic E-state index is 0.156. The Morgan fingerprint density at radius 2 is 1.95 bits per heavy atom. The van der Waals surface area contributed by atoms with Crippen LogP contribution in [0.15, 0.2) is 54.6 Å². The number of ether oxygens (including phenoxy) is 1. The highest BCUT2D eigenvalue weighted by atomic mass is 16.5. The van der Waals surface area contributed by atoms with Gasteiger partial charge in [0.05, 0.1) is 0 Å². The molecule has 2 aromatic carbocycles. The number of carbonyl (C=O) groups excluding carboxylic acids is 1. The highest BCUT2D eigenvalue weighted by Gasteiger charge is 2.14. The van der Waals surface area contributed by atoms with E-state index in [-0.39, 0.29) is 5.91 Å². The molecule has 4 heteroatoms. The molecule has 0 radical (unpaired) electrons. The van der Waals surface area contributed by atoms with Gasteiger partial charge in [-0.1, -0.05) is 36.4 Å². The van der Waals surface area contributed by atoms with E-state index in [4.69, 9.17) is 10.5 Å². The van der Waals surface area contributed by atoms with Gasteiger partial charge in [-0.3, -0.25) is 4.79 Å². The van der Waals surface area contributed by atoms with E-state index in [2.05, 4.69) is 5.32 Å². The third-order valence-corrected chi connectivity index (χ3v) is 2.85. The van der Waals surface area contributed by atoms with Gasteiger partial charge in [-0.05, 0) is 24.6 Å². The molecular weight excluding hydrogens is 252 g/mol. The van der Waals surface area contributed by atoms with Crippen molar-refractivity contribution < 1.29 is 9.53 Å². The second-order valence-corrected chi connectivity index (χ2v) is 4.54. The molecule has 0 aromatic heterocycles. The van der Waals surface area contributed by atoms with Crippen LogP contribution in [0.4, 0.5) is 5.69 Å². The highest BCUT2D eigenvalue weighted by molar-refractivity contribution is 5.80. The molecular formula is C16H18N2O2. The fraction of sp³-hybridized carbons (Fsp3) is 0.188. The minimum atomic E-state index is -0.569. The zero-order valence-corrected chi connectivity index (χ0v) is 11.4. The second kappa shape index (κ2) is 6.61. The molecule has 0 fully saturated rings. The molecule has 0 saturated carbocycles. The first-order chi connectivity index (χ1) is 9.65. The first-order valence-electron chi connectivity index (χ1n) is 6.49. The molecule has 0 aliphatic rings. The molecule has 0 saturated heterocycles. The average molecular weight is 270 g/mol. The zero-order valence-electron chi connectivity index (χ0n) is 11.4. The van der Waals surface area contributed by atoms with Crippen LogP contribution in [0.2, 0.25) is 0 Å². The fourth-order valence-electron chi connectivity index (χ4n) is 1.77. The lowest BCUT2D eigenvalue weighted by Crippen LogP contribution is -2.35. The van der Waals surface area contributed by atoms with E-state index in [0.29, 0.717) is 18.0 Å².